The van der Waals surface area contributed by atoms with Crippen LogP contribution in [0.1, 0.15) is 6.92 Å². The molecule has 1 aliphatic rings. The molecule has 1 atom stereocenters. The molecule has 1 unspecified atom stereocenters. The Hall–Kier alpha value is -1.82. The second-order valence-electron chi connectivity index (χ2n) is 7.23. The van der Waals surface area contributed by atoms with E-state index in [2.05, 4.69) is 15.0 Å². The predicted molar refractivity (Wildman–Crippen MR) is 122 cm³/mol. The van der Waals surface area contributed by atoms with E-state index in [1.807, 2.05) is 6.92 Å². The van der Waals surface area contributed by atoms with Crippen LogP contribution in [0.4, 0.5) is 5.69 Å². The van der Waals surface area contributed by atoms with Crippen molar-refractivity contribution in [2.24, 2.45) is 0 Å². The molecule has 0 bridgehead atoms. The average Bonchev–Trinajstić information content (AvgIpc) is 3.13. The van der Waals surface area contributed by atoms with Crippen LogP contribution in [0.2, 0.25) is 10.0 Å². The van der Waals surface area contributed by atoms with E-state index in [0.717, 1.165) is 0 Å². The molecule has 0 aliphatic carbocycles. The van der Waals surface area contributed by atoms with Gasteiger partial charge in [0.1, 0.15) is 0 Å². The molecule has 0 radical (unpaired) electrons. The highest BCUT2D eigenvalue weighted by Crippen LogP contribution is 2.35. The van der Waals surface area contributed by atoms with Crippen molar-refractivity contribution in [1.29, 1.82) is 0 Å². The molecule has 166 valence electrons. The number of nitrogens with zero attached hydrogens (tertiary/aromatic N) is 1. The van der Waals surface area contributed by atoms with Crippen LogP contribution in [-0.2, 0) is 20.0 Å². The van der Waals surface area contributed by atoms with Crippen LogP contribution in [0.25, 0.3) is 10.9 Å². The maximum atomic E-state index is 12.9. The van der Waals surface area contributed by atoms with E-state index >= 15 is 0 Å². The summed E-state index contributed by atoms with van der Waals surface area (Å²) in [6, 6.07) is 8.05. The molecule has 1 saturated heterocycles. The minimum absolute atomic E-state index is 0.0465. The third kappa shape index (κ3) is 4.15. The van der Waals surface area contributed by atoms with Crippen LogP contribution >= 0.6 is 23.2 Å². The summed E-state index contributed by atoms with van der Waals surface area (Å²) in [7, 11) is -7.70. The van der Waals surface area contributed by atoms with Gasteiger partial charge in [0.15, 0.2) is 0 Å². The van der Waals surface area contributed by atoms with Gasteiger partial charge in [0, 0.05) is 37.3 Å². The third-order valence-electron chi connectivity index (χ3n) is 5.16. The summed E-state index contributed by atoms with van der Waals surface area (Å²) in [5.41, 5.74) is 0.727. The number of H-pyrrole nitrogens is 1. The number of fused-ring (bicyclic) bond motifs is 1. The number of piperazine rings is 1. The lowest BCUT2D eigenvalue weighted by atomic mass is 10.2. The van der Waals surface area contributed by atoms with Crippen LogP contribution < -0.4 is 10.0 Å². The van der Waals surface area contributed by atoms with E-state index in [0.29, 0.717) is 40.6 Å². The van der Waals surface area contributed by atoms with Crippen molar-refractivity contribution < 1.29 is 16.8 Å². The minimum Gasteiger partial charge on any atom is -0.358 e. The molecule has 4 rings (SSSR count). The van der Waals surface area contributed by atoms with Gasteiger partial charge >= 0.3 is 0 Å². The van der Waals surface area contributed by atoms with E-state index in [4.69, 9.17) is 23.2 Å². The fraction of sp³-hybridized carbons (Fsp3) is 0.263. The largest absolute Gasteiger partial charge is 0.358 e. The maximum Gasteiger partial charge on any atom is 0.261 e. The van der Waals surface area contributed by atoms with Crippen molar-refractivity contribution in [1.82, 2.24) is 14.6 Å². The smallest absolute Gasteiger partial charge is 0.261 e. The Balaban J connectivity index is 1.62. The van der Waals surface area contributed by atoms with Crippen LogP contribution in [-0.4, -0.2) is 51.8 Å². The summed E-state index contributed by atoms with van der Waals surface area (Å²) in [5.74, 6) is 0. The second kappa shape index (κ2) is 8.27. The summed E-state index contributed by atoms with van der Waals surface area (Å²) >= 11 is 12.3. The number of aromatic amines is 1. The van der Waals surface area contributed by atoms with E-state index in [-0.39, 0.29) is 21.5 Å². The summed E-state index contributed by atoms with van der Waals surface area (Å²) in [5, 5.41) is 4.42. The van der Waals surface area contributed by atoms with Crippen molar-refractivity contribution in [3.63, 3.8) is 0 Å². The van der Waals surface area contributed by atoms with Crippen molar-refractivity contribution in [3.8, 4) is 0 Å². The van der Waals surface area contributed by atoms with Gasteiger partial charge in [0.25, 0.3) is 10.0 Å². The van der Waals surface area contributed by atoms with E-state index in [1.165, 1.54) is 40.8 Å². The van der Waals surface area contributed by atoms with Gasteiger partial charge in [-0.1, -0.05) is 23.2 Å². The first kappa shape index (κ1) is 22.4. The topological polar surface area (TPSA) is 111 Å². The van der Waals surface area contributed by atoms with Gasteiger partial charge in [-0.05, 0) is 43.3 Å². The molecule has 1 aliphatic heterocycles. The maximum absolute atomic E-state index is 12.9. The molecule has 1 aromatic heterocycles. The first-order chi connectivity index (χ1) is 14.6. The van der Waals surface area contributed by atoms with Crippen LogP contribution in [0, 0.1) is 0 Å². The molecule has 31 heavy (non-hydrogen) atoms. The number of sulfonamides is 2. The Labute approximate surface area is 190 Å². The molecule has 0 amide bonds. The number of nitrogens with one attached hydrogen (secondary N) is 3. The first-order valence-corrected chi connectivity index (χ1v) is 13.1. The Bertz CT molecular complexity index is 1340. The van der Waals surface area contributed by atoms with Gasteiger partial charge in [-0.2, -0.15) is 4.31 Å². The van der Waals surface area contributed by atoms with Crippen LogP contribution in [0.5, 0.6) is 0 Å². The lowest BCUT2D eigenvalue weighted by molar-refractivity contribution is 0.284. The molecule has 8 nitrogen and oxygen atoms in total. The van der Waals surface area contributed by atoms with Gasteiger partial charge in [0.2, 0.25) is 10.0 Å². The number of hydrogen-bond acceptors (Lipinski definition) is 5. The van der Waals surface area contributed by atoms with Gasteiger partial charge < -0.3 is 10.3 Å². The zero-order valence-electron chi connectivity index (χ0n) is 16.4. The van der Waals surface area contributed by atoms with Gasteiger partial charge in [-0.15, -0.1) is 0 Å². The summed E-state index contributed by atoms with van der Waals surface area (Å²) in [6.07, 6.45) is 1.52. The number of benzene rings is 2. The summed E-state index contributed by atoms with van der Waals surface area (Å²) in [4.78, 5) is 2.89. The van der Waals surface area contributed by atoms with Gasteiger partial charge in [-0.25, -0.2) is 16.8 Å². The minimum atomic E-state index is -3.98. The number of anilines is 1. The van der Waals surface area contributed by atoms with Crippen molar-refractivity contribution in [3.05, 3.63) is 52.6 Å². The highest BCUT2D eigenvalue weighted by Gasteiger charge is 2.31. The summed E-state index contributed by atoms with van der Waals surface area (Å²) in [6.45, 7) is 3.31. The predicted octanol–water partition coefficient (Wildman–Crippen LogP) is 3.26. The fourth-order valence-electron chi connectivity index (χ4n) is 3.56. The number of aromatic nitrogens is 1. The highest BCUT2D eigenvalue weighted by atomic mass is 35.5. The molecular weight excluding hydrogens is 483 g/mol. The number of rotatable bonds is 5. The van der Waals surface area contributed by atoms with E-state index in [9.17, 15) is 16.8 Å². The first-order valence-electron chi connectivity index (χ1n) is 9.42. The van der Waals surface area contributed by atoms with Crippen LogP contribution in [0.3, 0.4) is 0 Å². The van der Waals surface area contributed by atoms with Gasteiger partial charge in [-0.3, -0.25) is 4.72 Å². The molecule has 2 aromatic carbocycles. The molecule has 2 heterocycles. The normalized spacial score (nSPS) is 18.4. The van der Waals surface area contributed by atoms with Crippen molar-refractivity contribution in [2.75, 3.05) is 24.4 Å². The lowest BCUT2D eigenvalue weighted by Gasteiger charge is -2.32. The molecule has 1 fully saturated rings. The Morgan fingerprint density at radius 2 is 1.68 bits per heavy atom. The Morgan fingerprint density at radius 1 is 1.00 bits per heavy atom. The molecule has 3 aromatic rings. The zero-order valence-corrected chi connectivity index (χ0v) is 19.5. The SMILES string of the molecule is CC1CNCCN1S(=O)(=O)c1ccc(S(=O)(=O)Nc2ccc(Cl)c3c(Cl)c[nH]c23)cc1. The van der Waals surface area contributed by atoms with Crippen molar-refractivity contribution in [2.45, 2.75) is 22.8 Å². The molecular formula is C19H20Cl2N4O4S2. The fourth-order valence-corrected chi connectivity index (χ4v) is 6.82. The second-order valence-corrected chi connectivity index (χ2v) is 11.6. The highest BCUT2D eigenvalue weighted by molar-refractivity contribution is 7.92. The average molecular weight is 503 g/mol. The monoisotopic (exact) mass is 502 g/mol. The molecule has 3 N–H and O–H groups in total. The van der Waals surface area contributed by atoms with Crippen LogP contribution in [0.15, 0.2) is 52.4 Å². The van der Waals surface area contributed by atoms with Crippen molar-refractivity contribution >= 4 is 59.8 Å². The van der Waals surface area contributed by atoms with E-state index in [1.54, 1.807) is 6.07 Å². The Kier molecular flexibility index (Phi) is 5.97. The number of halogens is 2. The lowest BCUT2D eigenvalue weighted by Crippen LogP contribution is -2.52. The molecule has 0 spiro atoms. The quantitative estimate of drug-likeness (QED) is 0.495. The Morgan fingerprint density at radius 3 is 2.35 bits per heavy atom. The number of hydrogen-bond donors (Lipinski definition) is 3. The zero-order chi connectivity index (χ0) is 22.4. The van der Waals surface area contributed by atoms with E-state index < -0.39 is 20.0 Å². The molecule has 12 heteroatoms. The summed E-state index contributed by atoms with van der Waals surface area (Å²) < 4.78 is 55.6. The standard InChI is InChI=1S/C19H20Cl2N4O4S2/c1-12-10-22-8-9-25(12)31(28,29)14-4-2-13(3-5-14)30(26,27)24-17-7-6-15(20)18-16(21)11-23-19(17)18/h2-7,11-12,22-24H,8-10H2,1H3. The molecule has 0 saturated carbocycles. The third-order valence-corrected chi connectivity index (χ3v) is 9.18. The van der Waals surface area contributed by atoms with Gasteiger partial charge in [0.05, 0.1) is 31.0 Å².